The van der Waals surface area contributed by atoms with Gasteiger partial charge in [0.25, 0.3) is 10.0 Å². The highest BCUT2D eigenvalue weighted by molar-refractivity contribution is 7.91. The van der Waals surface area contributed by atoms with Crippen LogP contribution in [-0.4, -0.2) is 69.8 Å². The predicted octanol–water partition coefficient (Wildman–Crippen LogP) is 1.47. The smallest absolute Gasteiger partial charge is 0.252 e. The minimum absolute atomic E-state index is 0.0679. The van der Waals surface area contributed by atoms with Crippen LogP contribution in [0.15, 0.2) is 21.7 Å². The molecule has 0 radical (unpaired) electrons. The van der Waals surface area contributed by atoms with Gasteiger partial charge in [-0.25, -0.2) is 21.1 Å². The number of piperidine rings is 2. The lowest BCUT2D eigenvalue weighted by Crippen LogP contribution is -2.46. The first-order valence-electron chi connectivity index (χ1n) is 9.98. The van der Waals surface area contributed by atoms with Crippen LogP contribution in [0, 0.1) is 5.92 Å². The van der Waals surface area contributed by atoms with E-state index in [0.29, 0.717) is 49.7 Å². The molecule has 1 unspecified atom stereocenters. The zero-order valence-electron chi connectivity index (χ0n) is 16.6. The molecule has 0 saturated carbocycles. The predicted molar refractivity (Wildman–Crippen MR) is 113 cm³/mol. The Morgan fingerprint density at radius 3 is 2.48 bits per heavy atom. The first kappa shape index (κ1) is 22.7. The third kappa shape index (κ3) is 5.57. The fourth-order valence-electron chi connectivity index (χ4n) is 4.06. The van der Waals surface area contributed by atoms with Crippen LogP contribution in [-0.2, 0) is 24.8 Å². The molecule has 164 valence electrons. The molecule has 2 saturated heterocycles. The van der Waals surface area contributed by atoms with Crippen molar-refractivity contribution >= 4 is 37.3 Å². The molecule has 1 atom stereocenters. The molecule has 1 N–H and O–H groups in total. The summed E-state index contributed by atoms with van der Waals surface area (Å²) in [6.45, 7) is 1.67. The minimum Gasteiger partial charge on any atom is -0.356 e. The van der Waals surface area contributed by atoms with E-state index in [-0.39, 0.29) is 17.9 Å². The van der Waals surface area contributed by atoms with E-state index in [1.807, 2.05) is 0 Å². The van der Waals surface area contributed by atoms with Gasteiger partial charge >= 0.3 is 0 Å². The molecule has 3 heterocycles. The van der Waals surface area contributed by atoms with Gasteiger partial charge in [0.05, 0.1) is 6.26 Å². The number of hydrogen-bond acceptors (Lipinski definition) is 6. The Balaban J connectivity index is 1.51. The van der Waals surface area contributed by atoms with Crippen LogP contribution < -0.4 is 5.32 Å². The molecule has 1 aromatic rings. The number of sulfonamides is 2. The van der Waals surface area contributed by atoms with Gasteiger partial charge in [-0.15, -0.1) is 11.3 Å². The lowest BCUT2D eigenvalue weighted by atomic mass is 9.97. The molecule has 1 aromatic heterocycles. The van der Waals surface area contributed by atoms with E-state index in [4.69, 9.17) is 0 Å². The number of hydrogen-bond donors (Lipinski definition) is 1. The lowest BCUT2D eigenvalue weighted by Gasteiger charge is -2.34. The summed E-state index contributed by atoms with van der Waals surface area (Å²) < 4.78 is 52.4. The second-order valence-electron chi connectivity index (χ2n) is 7.71. The van der Waals surface area contributed by atoms with Crippen LogP contribution in [0.5, 0.6) is 0 Å². The summed E-state index contributed by atoms with van der Waals surface area (Å²) in [7, 11) is -6.69. The third-order valence-electron chi connectivity index (χ3n) is 5.70. The van der Waals surface area contributed by atoms with Gasteiger partial charge in [0.1, 0.15) is 4.21 Å². The summed E-state index contributed by atoms with van der Waals surface area (Å²) in [5.74, 6) is -0.257. The molecule has 0 bridgehead atoms. The van der Waals surface area contributed by atoms with Gasteiger partial charge in [0, 0.05) is 38.1 Å². The summed E-state index contributed by atoms with van der Waals surface area (Å²) in [5, 5.41) is 4.70. The molecule has 3 rings (SSSR count). The van der Waals surface area contributed by atoms with Crippen molar-refractivity contribution in [2.24, 2.45) is 5.92 Å². The molecule has 0 aromatic carbocycles. The SMILES string of the molecule is CS(=O)(=O)N1CCC(C(=O)NCCC2CCCCN2S(=O)(=O)c2cccs2)CC1. The number of thiophene rings is 1. The van der Waals surface area contributed by atoms with Crippen LogP contribution in [0.3, 0.4) is 0 Å². The molecule has 0 aliphatic carbocycles. The number of rotatable bonds is 7. The maximum Gasteiger partial charge on any atom is 0.252 e. The van der Waals surface area contributed by atoms with E-state index in [0.717, 1.165) is 19.3 Å². The number of nitrogens with one attached hydrogen (secondary N) is 1. The fourth-order valence-corrected chi connectivity index (χ4v) is 7.78. The number of carbonyl (C=O) groups is 1. The second-order valence-corrected chi connectivity index (χ2v) is 12.8. The van der Waals surface area contributed by atoms with E-state index in [1.165, 1.54) is 21.9 Å². The van der Waals surface area contributed by atoms with E-state index >= 15 is 0 Å². The van der Waals surface area contributed by atoms with Crippen molar-refractivity contribution in [2.45, 2.75) is 48.8 Å². The lowest BCUT2D eigenvalue weighted by molar-refractivity contribution is -0.126. The van der Waals surface area contributed by atoms with Crippen LogP contribution in [0.1, 0.15) is 38.5 Å². The van der Waals surface area contributed by atoms with E-state index in [9.17, 15) is 21.6 Å². The average Bonchev–Trinajstić information content (AvgIpc) is 3.23. The van der Waals surface area contributed by atoms with Crippen molar-refractivity contribution in [3.8, 4) is 0 Å². The van der Waals surface area contributed by atoms with Crippen LogP contribution >= 0.6 is 11.3 Å². The first-order valence-corrected chi connectivity index (χ1v) is 14.1. The molecular weight excluding hydrogens is 434 g/mol. The molecule has 2 fully saturated rings. The summed E-state index contributed by atoms with van der Waals surface area (Å²) >= 11 is 1.23. The van der Waals surface area contributed by atoms with Gasteiger partial charge < -0.3 is 5.32 Å². The third-order valence-corrected chi connectivity index (χ3v) is 10.3. The highest BCUT2D eigenvalue weighted by atomic mass is 32.2. The van der Waals surface area contributed by atoms with E-state index < -0.39 is 20.0 Å². The maximum absolute atomic E-state index is 12.9. The van der Waals surface area contributed by atoms with Gasteiger partial charge in [0.2, 0.25) is 15.9 Å². The van der Waals surface area contributed by atoms with Crippen molar-refractivity contribution in [2.75, 3.05) is 32.4 Å². The van der Waals surface area contributed by atoms with Crippen molar-refractivity contribution < 1.29 is 21.6 Å². The Bertz CT molecular complexity index is 891. The molecular formula is C18H29N3O5S3. The fraction of sp³-hybridized carbons (Fsp3) is 0.722. The second kappa shape index (κ2) is 9.42. The molecule has 11 heteroatoms. The Labute approximate surface area is 177 Å². The van der Waals surface area contributed by atoms with Gasteiger partial charge in [-0.05, 0) is 43.6 Å². The molecule has 8 nitrogen and oxygen atoms in total. The molecule has 29 heavy (non-hydrogen) atoms. The van der Waals surface area contributed by atoms with Crippen LogP contribution in [0.25, 0.3) is 0 Å². The van der Waals surface area contributed by atoms with Crippen molar-refractivity contribution in [3.05, 3.63) is 17.5 Å². The Kier molecular flexibility index (Phi) is 7.36. The number of amides is 1. The molecule has 1 amide bonds. The van der Waals surface area contributed by atoms with Crippen molar-refractivity contribution in [3.63, 3.8) is 0 Å². The average molecular weight is 464 g/mol. The number of carbonyl (C=O) groups excluding carboxylic acids is 1. The van der Waals surface area contributed by atoms with Crippen molar-refractivity contribution in [1.29, 1.82) is 0 Å². The standard InChI is InChI=1S/C18H29N3O5S3/c1-28(23,24)20-12-8-15(9-13-20)18(22)19-10-7-16-5-2-3-11-21(16)29(25,26)17-6-4-14-27-17/h4,6,14-16H,2-3,5,7-13H2,1H3,(H,19,22). The van der Waals surface area contributed by atoms with E-state index in [2.05, 4.69) is 5.32 Å². The largest absolute Gasteiger partial charge is 0.356 e. The highest BCUT2D eigenvalue weighted by Gasteiger charge is 2.34. The van der Waals surface area contributed by atoms with E-state index in [1.54, 1.807) is 21.8 Å². The summed E-state index contributed by atoms with van der Waals surface area (Å²) in [5.41, 5.74) is 0. The summed E-state index contributed by atoms with van der Waals surface area (Å²) in [4.78, 5) is 12.5. The van der Waals surface area contributed by atoms with Crippen LogP contribution in [0.2, 0.25) is 0 Å². The first-order chi connectivity index (χ1) is 13.7. The quantitative estimate of drug-likeness (QED) is 0.659. The van der Waals surface area contributed by atoms with Gasteiger partial charge in [-0.2, -0.15) is 4.31 Å². The van der Waals surface area contributed by atoms with Gasteiger partial charge in [-0.3, -0.25) is 4.79 Å². The molecule has 0 spiro atoms. The molecule has 2 aliphatic rings. The monoisotopic (exact) mass is 463 g/mol. The Morgan fingerprint density at radius 2 is 1.86 bits per heavy atom. The maximum atomic E-state index is 12.9. The number of nitrogens with zero attached hydrogens (tertiary/aromatic N) is 2. The minimum atomic E-state index is -3.48. The Morgan fingerprint density at radius 1 is 1.14 bits per heavy atom. The zero-order chi connectivity index (χ0) is 21.1. The highest BCUT2D eigenvalue weighted by Crippen LogP contribution is 2.29. The van der Waals surface area contributed by atoms with Gasteiger partial charge in [0.15, 0.2) is 0 Å². The Hall–Kier alpha value is -1.01. The van der Waals surface area contributed by atoms with Crippen LogP contribution in [0.4, 0.5) is 0 Å². The summed E-state index contributed by atoms with van der Waals surface area (Å²) in [6.07, 6.45) is 5.44. The zero-order valence-corrected chi connectivity index (χ0v) is 19.1. The topological polar surface area (TPSA) is 104 Å². The molecule has 2 aliphatic heterocycles. The van der Waals surface area contributed by atoms with Gasteiger partial charge in [-0.1, -0.05) is 12.5 Å². The summed E-state index contributed by atoms with van der Waals surface area (Å²) in [6, 6.07) is 3.27. The normalized spacial score (nSPS) is 23.1. The van der Waals surface area contributed by atoms with Crippen molar-refractivity contribution in [1.82, 2.24) is 13.9 Å².